The monoisotopic (exact) mass is 305 g/mol. The topological polar surface area (TPSA) is 117 Å². The van der Waals surface area contributed by atoms with E-state index in [4.69, 9.17) is 0 Å². The van der Waals surface area contributed by atoms with Crippen molar-refractivity contribution in [3.8, 4) is 0 Å². The Morgan fingerprint density at radius 3 is 2.86 bits per heavy atom. The smallest absolute Gasteiger partial charge is 0.322 e. The van der Waals surface area contributed by atoms with E-state index in [2.05, 4.69) is 15.6 Å². The van der Waals surface area contributed by atoms with Crippen molar-refractivity contribution in [1.29, 1.82) is 0 Å². The molecule has 0 bridgehead atoms. The number of carbonyl (C=O) groups is 2. The predicted molar refractivity (Wildman–Crippen MR) is 76.5 cm³/mol. The van der Waals surface area contributed by atoms with Gasteiger partial charge in [0, 0.05) is 18.3 Å². The van der Waals surface area contributed by atoms with Gasteiger partial charge in [0.05, 0.1) is 11.5 Å². The van der Waals surface area contributed by atoms with Gasteiger partial charge in [-0.05, 0) is 25.8 Å². The van der Waals surface area contributed by atoms with Crippen molar-refractivity contribution in [2.75, 3.05) is 18.0 Å². The highest BCUT2D eigenvalue weighted by molar-refractivity contribution is 6.07. The summed E-state index contributed by atoms with van der Waals surface area (Å²) in [7, 11) is 0. The van der Waals surface area contributed by atoms with E-state index in [9.17, 15) is 19.7 Å². The number of carbonyl (C=O) groups excluding carboxylic acids is 2. The molecule has 2 saturated heterocycles. The average molecular weight is 305 g/mol. The Bertz CT molecular complexity index is 676. The summed E-state index contributed by atoms with van der Waals surface area (Å²) in [5.41, 5.74) is -0.590. The van der Waals surface area contributed by atoms with Gasteiger partial charge in [0.2, 0.25) is 5.82 Å². The van der Waals surface area contributed by atoms with Crippen LogP contribution in [0.15, 0.2) is 12.3 Å². The molecule has 0 saturated carbocycles. The van der Waals surface area contributed by atoms with E-state index in [-0.39, 0.29) is 18.1 Å². The van der Waals surface area contributed by atoms with Gasteiger partial charge in [-0.3, -0.25) is 20.2 Å². The number of nitrogens with zero attached hydrogens (tertiary/aromatic N) is 3. The fourth-order valence-electron chi connectivity index (χ4n) is 3.05. The molecule has 3 heterocycles. The molecule has 1 unspecified atom stereocenters. The molecule has 1 aromatic heterocycles. The van der Waals surface area contributed by atoms with Crippen LogP contribution >= 0.6 is 0 Å². The van der Waals surface area contributed by atoms with Crippen LogP contribution in [-0.2, 0) is 4.79 Å². The molecule has 2 aliphatic heterocycles. The van der Waals surface area contributed by atoms with Crippen molar-refractivity contribution in [1.82, 2.24) is 15.6 Å². The first-order chi connectivity index (χ1) is 10.4. The fraction of sp³-hybridized carbons (Fsp3) is 0.462. The predicted octanol–water partition coefficient (Wildman–Crippen LogP) is 0.477. The lowest BCUT2D eigenvalue weighted by Crippen LogP contribution is -2.58. The minimum Gasteiger partial charge on any atom is -0.348 e. The van der Waals surface area contributed by atoms with Crippen molar-refractivity contribution in [2.24, 2.45) is 0 Å². The molecular weight excluding hydrogens is 290 g/mol. The van der Waals surface area contributed by atoms with Crippen LogP contribution in [0.2, 0.25) is 0 Å². The Hall–Kier alpha value is -2.71. The first-order valence-electron chi connectivity index (χ1n) is 6.91. The van der Waals surface area contributed by atoms with E-state index in [0.29, 0.717) is 24.9 Å². The normalized spacial score (nSPS) is 24.3. The van der Waals surface area contributed by atoms with Crippen LogP contribution in [0.3, 0.4) is 0 Å². The van der Waals surface area contributed by atoms with Crippen LogP contribution in [-0.4, -0.2) is 40.5 Å². The average Bonchev–Trinajstić information content (AvgIpc) is 2.72. The van der Waals surface area contributed by atoms with Crippen molar-refractivity contribution in [3.05, 3.63) is 27.9 Å². The number of anilines is 1. The minimum absolute atomic E-state index is 0.0655. The molecule has 3 amide bonds. The molecule has 3 rings (SSSR count). The Labute approximate surface area is 125 Å². The maximum absolute atomic E-state index is 12.0. The zero-order chi connectivity index (χ0) is 15.9. The summed E-state index contributed by atoms with van der Waals surface area (Å²) < 4.78 is 0. The summed E-state index contributed by atoms with van der Waals surface area (Å²) in [6.07, 6.45) is 2.63. The molecule has 2 fully saturated rings. The number of urea groups is 1. The van der Waals surface area contributed by atoms with Crippen LogP contribution in [0.1, 0.15) is 18.4 Å². The number of aryl methyl sites for hydroxylation is 1. The van der Waals surface area contributed by atoms with Gasteiger partial charge in [0.1, 0.15) is 5.54 Å². The van der Waals surface area contributed by atoms with Crippen molar-refractivity contribution in [2.45, 2.75) is 25.3 Å². The standard InChI is InChI=1S/C13H15N5O4/c1-8-3-5-14-10(9(8)18(21)22)17-6-2-4-13(7-17)11(19)15-12(20)16-13/h3,5H,2,4,6-7H2,1H3,(H2,15,16,19,20). The van der Waals surface area contributed by atoms with Crippen molar-refractivity contribution < 1.29 is 14.5 Å². The Kier molecular flexibility index (Phi) is 3.19. The van der Waals surface area contributed by atoms with Gasteiger partial charge in [0.15, 0.2) is 0 Å². The number of hydrogen-bond acceptors (Lipinski definition) is 6. The molecule has 1 atom stereocenters. The van der Waals surface area contributed by atoms with E-state index in [1.165, 1.54) is 6.20 Å². The molecule has 2 N–H and O–H groups in total. The fourth-order valence-corrected chi connectivity index (χ4v) is 3.05. The van der Waals surface area contributed by atoms with Crippen LogP contribution in [0.5, 0.6) is 0 Å². The molecule has 0 aromatic carbocycles. The summed E-state index contributed by atoms with van der Waals surface area (Å²) in [6, 6.07) is 1.05. The van der Waals surface area contributed by atoms with Gasteiger partial charge < -0.3 is 10.2 Å². The second-order valence-corrected chi connectivity index (χ2v) is 5.57. The van der Waals surface area contributed by atoms with Crippen LogP contribution in [0, 0.1) is 17.0 Å². The van der Waals surface area contributed by atoms with E-state index in [1.807, 2.05) is 0 Å². The molecule has 9 heteroatoms. The number of imide groups is 1. The van der Waals surface area contributed by atoms with Gasteiger partial charge in [-0.2, -0.15) is 0 Å². The van der Waals surface area contributed by atoms with Crippen LogP contribution in [0.4, 0.5) is 16.3 Å². The lowest BCUT2D eigenvalue weighted by atomic mass is 9.89. The van der Waals surface area contributed by atoms with E-state index in [1.54, 1.807) is 17.9 Å². The summed E-state index contributed by atoms with van der Waals surface area (Å²) in [6.45, 7) is 2.36. The number of amides is 3. The van der Waals surface area contributed by atoms with Gasteiger partial charge >= 0.3 is 11.7 Å². The second-order valence-electron chi connectivity index (χ2n) is 5.57. The maximum Gasteiger partial charge on any atom is 0.322 e. The summed E-state index contributed by atoms with van der Waals surface area (Å²) in [4.78, 5) is 40.1. The quantitative estimate of drug-likeness (QED) is 0.466. The highest BCUT2D eigenvalue weighted by atomic mass is 16.6. The third-order valence-electron chi connectivity index (χ3n) is 4.10. The Morgan fingerprint density at radius 2 is 2.23 bits per heavy atom. The number of nitro groups is 1. The van der Waals surface area contributed by atoms with Gasteiger partial charge in [0.25, 0.3) is 5.91 Å². The zero-order valence-corrected chi connectivity index (χ0v) is 12.0. The molecule has 9 nitrogen and oxygen atoms in total. The van der Waals surface area contributed by atoms with Crippen molar-refractivity contribution >= 4 is 23.4 Å². The minimum atomic E-state index is -1.03. The number of nitrogens with one attached hydrogen (secondary N) is 2. The highest BCUT2D eigenvalue weighted by Gasteiger charge is 2.49. The Balaban J connectivity index is 1.97. The molecular formula is C13H15N5O4. The number of hydrogen-bond donors (Lipinski definition) is 2. The molecule has 1 aromatic rings. The molecule has 116 valence electrons. The second kappa shape index (κ2) is 4.93. The van der Waals surface area contributed by atoms with Gasteiger partial charge in [-0.15, -0.1) is 0 Å². The van der Waals surface area contributed by atoms with E-state index >= 15 is 0 Å². The number of aromatic nitrogens is 1. The third kappa shape index (κ3) is 2.14. The molecule has 2 aliphatic rings. The molecule has 1 spiro atoms. The Morgan fingerprint density at radius 1 is 1.45 bits per heavy atom. The highest BCUT2D eigenvalue weighted by Crippen LogP contribution is 2.33. The van der Waals surface area contributed by atoms with Crippen LogP contribution < -0.4 is 15.5 Å². The van der Waals surface area contributed by atoms with Crippen molar-refractivity contribution in [3.63, 3.8) is 0 Å². The summed E-state index contributed by atoms with van der Waals surface area (Å²) >= 11 is 0. The molecule has 0 radical (unpaired) electrons. The molecule has 22 heavy (non-hydrogen) atoms. The lowest BCUT2D eigenvalue weighted by molar-refractivity contribution is -0.384. The first kappa shape index (κ1) is 14.2. The van der Waals surface area contributed by atoms with E-state index < -0.39 is 22.4 Å². The third-order valence-corrected chi connectivity index (χ3v) is 4.10. The first-order valence-corrected chi connectivity index (χ1v) is 6.91. The summed E-state index contributed by atoms with van der Waals surface area (Å²) in [5.74, 6) is -0.157. The number of piperidine rings is 1. The summed E-state index contributed by atoms with van der Waals surface area (Å²) in [5, 5.41) is 16.2. The van der Waals surface area contributed by atoms with E-state index in [0.717, 1.165) is 0 Å². The SMILES string of the molecule is Cc1ccnc(N2CCCC3(C2)NC(=O)NC3=O)c1[N+](=O)[O-]. The number of rotatable bonds is 2. The number of pyridine rings is 1. The van der Waals surface area contributed by atoms with Crippen LogP contribution in [0.25, 0.3) is 0 Å². The molecule has 0 aliphatic carbocycles. The van der Waals surface area contributed by atoms with Gasteiger partial charge in [-0.25, -0.2) is 9.78 Å². The largest absolute Gasteiger partial charge is 0.348 e. The van der Waals surface area contributed by atoms with Gasteiger partial charge in [-0.1, -0.05) is 0 Å². The zero-order valence-electron chi connectivity index (χ0n) is 12.0. The maximum atomic E-state index is 12.0. The lowest BCUT2D eigenvalue weighted by Gasteiger charge is -2.38.